The molecule has 1 saturated carbocycles. The van der Waals surface area contributed by atoms with Gasteiger partial charge >= 0.3 is 6.03 Å². The average molecular weight is 486 g/mol. The molecule has 0 saturated heterocycles. The Labute approximate surface area is 199 Å². The van der Waals surface area contributed by atoms with Gasteiger partial charge in [-0.3, -0.25) is 5.32 Å². The van der Waals surface area contributed by atoms with Gasteiger partial charge in [-0.05, 0) is 31.0 Å². The first-order valence-electron chi connectivity index (χ1n) is 10.9. The van der Waals surface area contributed by atoms with Gasteiger partial charge in [0, 0.05) is 60.1 Å². The minimum absolute atomic E-state index is 0.280. The average Bonchev–Trinajstić information content (AvgIpc) is 3.31. The number of rotatable bonds is 9. The van der Waals surface area contributed by atoms with E-state index in [4.69, 9.17) is 0 Å². The predicted molar refractivity (Wildman–Crippen MR) is 130 cm³/mol. The molecule has 2 aliphatic rings. The summed E-state index contributed by atoms with van der Waals surface area (Å²) in [5, 5.41) is 12.7. The predicted octanol–water partition coefficient (Wildman–Crippen LogP) is 4.27. The highest BCUT2D eigenvalue weighted by Crippen LogP contribution is 2.34. The molecule has 2 amide bonds. The highest BCUT2D eigenvalue weighted by Gasteiger charge is 2.21. The third-order valence-electron chi connectivity index (χ3n) is 5.36. The second-order valence-corrected chi connectivity index (χ2v) is 10.2. The number of benzene rings is 1. The first kappa shape index (κ1) is 22.1. The number of aryl methyl sites for hydroxylation is 1. The summed E-state index contributed by atoms with van der Waals surface area (Å²) in [7, 11) is 0. The lowest BCUT2D eigenvalue weighted by atomic mass is 10.2. The normalized spacial score (nSPS) is 14.7. The lowest BCUT2D eigenvalue weighted by molar-refractivity contribution is 0.262. The van der Waals surface area contributed by atoms with Crippen LogP contribution in [0.4, 0.5) is 25.8 Å². The van der Waals surface area contributed by atoms with Crippen LogP contribution in [0.3, 0.4) is 0 Å². The van der Waals surface area contributed by atoms with Crippen LogP contribution in [0.15, 0.2) is 35.6 Å². The first-order chi connectivity index (χ1) is 16.1. The van der Waals surface area contributed by atoms with Crippen LogP contribution in [0.2, 0.25) is 0 Å². The summed E-state index contributed by atoms with van der Waals surface area (Å²) < 4.78 is 14.0. The molecular formula is C22H24FN7OS2. The number of nitrogens with zero attached hydrogens (tertiary/aromatic N) is 3. The molecule has 0 atom stereocenters. The van der Waals surface area contributed by atoms with Crippen molar-refractivity contribution in [3.63, 3.8) is 0 Å². The molecule has 1 fully saturated rings. The SMILES string of the molecule is O=C(Nc1ccc(F)c(CNC2CC2)c1)Nc1ncc(CCNc2ncnc3c2SCC3)s1. The van der Waals surface area contributed by atoms with Gasteiger partial charge < -0.3 is 16.0 Å². The van der Waals surface area contributed by atoms with Crippen LogP contribution in [0.1, 0.15) is 29.0 Å². The molecule has 33 heavy (non-hydrogen) atoms. The summed E-state index contributed by atoms with van der Waals surface area (Å²) in [4.78, 5) is 27.5. The van der Waals surface area contributed by atoms with Crippen molar-refractivity contribution >= 4 is 45.8 Å². The lowest BCUT2D eigenvalue weighted by Crippen LogP contribution is -2.20. The number of halogens is 1. The van der Waals surface area contributed by atoms with Gasteiger partial charge in [0.15, 0.2) is 5.13 Å². The maximum atomic E-state index is 14.0. The molecule has 2 aromatic heterocycles. The number of amides is 2. The monoisotopic (exact) mass is 485 g/mol. The summed E-state index contributed by atoms with van der Waals surface area (Å²) >= 11 is 3.21. The highest BCUT2D eigenvalue weighted by atomic mass is 32.2. The minimum Gasteiger partial charge on any atom is -0.369 e. The Morgan fingerprint density at radius 2 is 2.09 bits per heavy atom. The molecule has 0 spiro atoms. The molecule has 11 heteroatoms. The molecule has 1 aromatic carbocycles. The molecule has 172 valence electrons. The van der Waals surface area contributed by atoms with E-state index in [1.807, 2.05) is 0 Å². The summed E-state index contributed by atoms with van der Waals surface area (Å²) in [5.41, 5.74) is 2.19. The summed E-state index contributed by atoms with van der Waals surface area (Å²) in [6.07, 6.45) is 7.39. The number of hydrogen-bond acceptors (Lipinski definition) is 8. The Balaban J connectivity index is 1.10. The number of anilines is 3. The third-order valence-corrected chi connectivity index (χ3v) is 7.46. The van der Waals surface area contributed by atoms with Crippen LogP contribution in [0.25, 0.3) is 0 Å². The molecule has 0 unspecified atom stereocenters. The maximum absolute atomic E-state index is 14.0. The van der Waals surface area contributed by atoms with Gasteiger partial charge in [-0.25, -0.2) is 24.1 Å². The van der Waals surface area contributed by atoms with Crippen molar-refractivity contribution in [3.05, 3.63) is 52.7 Å². The van der Waals surface area contributed by atoms with E-state index in [1.54, 1.807) is 36.4 Å². The van der Waals surface area contributed by atoms with Crippen molar-refractivity contribution in [2.24, 2.45) is 0 Å². The standard InChI is InChI=1S/C22H24FN7OS2/c23-17-4-3-15(9-13(17)10-25-14-1-2-14)29-21(31)30-22-26-11-16(33-22)5-7-24-20-19-18(6-8-32-19)27-12-28-20/h3-4,9,11-12,14,25H,1-2,5-8,10H2,(H,24,27,28)(H2,26,29,30,31). The number of aromatic nitrogens is 3. The topological polar surface area (TPSA) is 104 Å². The van der Waals surface area contributed by atoms with Gasteiger partial charge in [-0.15, -0.1) is 23.1 Å². The van der Waals surface area contributed by atoms with Crippen LogP contribution < -0.4 is 21.3 Å². The molecule has 0 radical (unpaired) electrons. The number of carbonyl (C=O) groups is 1. The van der Waals surface area contributed by atoms with Crippen LogP contribution >= 0.6 is 23.1 Å². The van der Waals surface area contributed by atoms with Gasteiger partial charge in [-0.2, -0.15) is 0 Å². The van der Waals surface area contributed by atoms with E-state index in [1.165, 1.54) is 17.4 Å². The zero-order valence-corrected chi connectivity index (χ0v) is 19.5. The minimum atomic E-state index is -0.407. The molecule has 0 bridgehead atoms. The van der Waals surface area contributed by atoms with Gasteiger partial charge in [0.05, 0.1) is 10.6 Å². The van der Waals surface area contributed by atoms with Gasteiger partial charge in [-0.1, -0.05) is 0 Å². The Hall–Kier alpha value is -2.76. The largest absolute Gasteiger partial charge is 0.369 e. The molecule has 5 rings (SSSR count). The van der Waals surface area contributed by atoms with E-state index in [-0.39, 0.29) is 5.82 Å². The fourth-order valence-corrected chi connectivity index (χ4v) is 5.38. The molecule has 1 aliphatic heterocycles. The third kappa shape index (κ3) is 5.79. The number of urea groups is 1. The van der Waals surface area contributed by atoms with Crippen molar-refractivity contribution in [2.75, 3.05) is 28.2 Å². The molecule has 8 nitrogen and oxygen atoms in total. The van der Waals surface area contributed by atoms with E-state index < -0.39 is 6.03 Å². The van der Waals surface area contributed by atoms with E-state index in [0.717, 1.165) is 52.7 Å². The van der Waals surface area contributed by atoms with Crippen molar-refractivity contribution in [2.45, 2.75) is 43.2 Å². The zero-order chi connectivity index (χ0) is 22.6. The molecule has 3 heterocycles. The second-order valence-electron chi connectivity index (χ2n) is 7.95. The fraction of sp³-hybridized carbons (Fsp3) is 0.364. The number of thiazole rings is 1. The summed E-state index contributed by atoms with van der Waals surface area (Å²) in [6, 6.07) is 4.66. The second kappa shape index (κ2) is 10.0. The number of nitrogens with one attached hydrogen (secondary N) is 4. The number of fused-ring (bicyclic) bond motifs is 1. The van der Waals surface area contributed by atoms with Crippen LogP contribution in [-0.2, 0) is 19.4 Å². The van der Waals surface area contributed by atoms with Crippen molar-refractivity contribution < 1.29 is 9.18 Å². The Bertz CT molecular complexity index is 1150. The summed E-state index contributed by atoms with van der Waals surface area (Å²) in [5.74, 6) is 1.65. The zero-order valence-electron chi connectivity index (χ0n) is 17.9. The van der Waals surface area contributed by atoms with E-state index in [0.29, 0.717) is 35.5 Å². The van der Waals surface area contributed by atoms with E-state index in [9.17, 15) is 9.18 Å². The van der Waals surface area contributed by atoms with Crippen LogP contribution in [0, 0.1) is 5.82 Å². The Morgan fingerprint density at radius 3 is 2.97 bits per heavy atom. The fourth-order valence-electron chi connectivity index (χ4n) is 3.49. The van der Waals surface area contributed by atoms with Gasteiger partial charge in [0.25, 0.3) is 0 Å². The first-order valence-corrected chi connectivity index (χ1v) is 12.7. The lowest BCUT2D eigenvalue weighted by Gasteiger charge is -2.09. The van der Waals surface area contributed by atoms with Crippen LogP contribution in [0.5, 0.6) is 0 Å². The quantitative estimate of drug-likeness (QED) is 0.359. The van der Waals surface area contributed by atoms with Crippen molar-refractivity contribution in [3.8, 4) is 0 Å². The van der Waals surface area contributed by atoms with E-state index >= 15 is 0 Å². The van der Waals surface area contributed by atoms with E-state index in [2.05, 4.69) is 36.2 Å². The molecular weight excluding hydrogens is 461 g/mol. The molecule has 4 N–H and O–H groups in total. The van der Waals surface area contributed by atoms with Gasteiger partial charge in [0.2, 0.25) is 0 Å². The highest BCUT2D eigenvalue weighted by molar-refractivity contribution is 7.99. The maximum Gasteiger partial charge on any atom is 0.325 e. The molecule has 3 aromatic rings. The Kier molecular flexibility index (Phi) is 6.70. The summed E-state index contributed by atoms with van der Waals surface area (Å²) in [6.45, 7) is 1.17. The number of carbonyl (C=O) groups excluding carboxylic acids is 1. The van der Waals surface area contributed by atoms with Gasteiger partial charge in [0.1, 0.15) is 18.0 Å². The number of hydrogen-bond donors (Lipinski definition) is 4. The number of thioether (sulfide) groups is 1. The Morgan fingerprint density at radius 1 is 1.18 bits per heavy atom. The smallest absolute Gasteiger partial charge is 0.325 e. The van der Waals surface area contributed by atoms with Crippen molar-refractivity contribution in [1.82, 2.24) is 20.3 Å². The van der Waals surface area contributed by atoms with Crippen LogP contribution in [-0.4, -0.2) is 39.3 Å². The van der Waals surface area contributed by atoms with Crippen molar-refractivity contribution in [1.29, 1.82) is 0 Å². The molecule has 1 aliphatic carbocycles.